The monoisotopic (exact) mass is 401 g/mol. The summed E-state index contributed by atoms with van der Waals surface area (Å²) in [6.07, 6.45) is 0. The van der Waals surface area contributed by atoms with Crippen LogP contribution in [0.3, 0.4) is 0 Å². The number of thiophene rings is 1. The molecule has 1 saturated heterocycles. The summed E-state index contributed by atoms with van der Waals surface area (Å²) in [5.74, 6) is 0.383. The van der Waals surface area contributed by atoms with Gasteiger partial charge in [-0.2, -0.15) is 0 Å². The van der Waals surface area contributed by atoms with Gasteiger partial charge >= 0.3 is 0 Å². The second kappa shape index (κ2) is 8.88. The first-order valence-corrected chi connectivity index (χ1v) is 9.87. The Balaban J connectivity index is 1.50. The Bertz CT molecular complexity index is 828. The molecule has 0 spiro atoms. The molecule has 2 heterocycles. The van der Waals surface area contributed by atoms with Crippen molar-refractivity contribution in [3.8, 4) is 5.75 Å². The Morgan fingerprint density at radius 3 is 2.25 bits per heavy atom. The Labute approximate surface area is 168 Å². The van der Waals surface area contributed by atoms with Crippen LogP contribution < -0.4 is 4.74 Å². The summed E-state index contributed by atoms with van der Waals surface area (Å²) < 4.78 is 5.11. The number of ether oxygens (including phenoxy) is 1. The van der Waals surface area contributed by atoms with Gasteiger partial charge in [0.15, 0.2) is 0 Å². The van der Waals surface area contributed by atoms with E-state index < -0.39 is 0 Å². The number of rotatable bonds is 5. The minimum atomic E-state index is -0.156. The van der Waals surface area contributed by atoms with Crippen LogP contribution >= 0.6 is 11.3 Å². The first-order valence-electron chi connectivity index (χ1n) is 8.99. The van der Waals surface area contributed by atoms with Crippen LogP contribution in [0.25, 0.3) is 0 Å². The Kier molecular flexibility index (Phi) is 6.30. The summed E-state index contributed by atoms with van der Waals surface area (Å²) in [4.78, 5) is 42.9. The van der Waals surface area contributed by atoms with Crippen molar-refractivity contribution in [2.75, 3.05) is 46.9 Å². The summed E-state index contributed by atoms with van der Waals surface area (Å²) in [7, 11) is 3.21. The third kappa shape index (κ3) is 4.51. The highest BCUT2D eigenvalue weighted by Gasteiger charge is 2.26. The maximum absolute atomic E-state index is 12.6. The summed E-state index contributed by atoms with van der Waals surface area (Å²) in [5.41, 5.74) is 0.599. The Morgan fingerprint density at radius 2 is 1.68 bits per heavy atom. The van der Waals surface area contributed by atoms with Crippen molar-refractivity contribution < 1.29 is 19.1 Å². The molecule has 1 aliphatic rings. The third-order valence-corrected chi connectivity index (χ3v) is 5.57. The zero-order valence-electron chi connectivity index (χ0n) is 16.0. The highest BCUT2D eigenvalue weighted by Crippen LogP contribution is 2.15. The van der Waals surface area contributed by atoms with Crippen molar-refractivity contribution in [2.24, 2.45) is 0 Å². The number of hydrogen-bond acceptors (Lipinski definition) is 5. The number of nitrogens with zero attached hydrogens (tertiary/aromatic N) is 3. The van der Waals surface area contributed by atoms with Crippen LogP contribution in [-0.2, 0) is 4.79 Å². The lowest BCUT2D eigenvalue weighted by atomic mass is 10.1. The second-order valence-electron chi connectivity index (χ2n) is 6.54. The molecule has 7 nitrogen and oxygen atoms in total. The Hall–Kier alpha value is -2.87. The van der Waals surface area contributed by atoms with E-state index >= 15 is 0 Å². The summed E-state index contributed by atoms with van der Waals surface area (Å²) in [6.45, 7) is 1.89. The molecule has 1 aliphatic heterocycles. The van der Waals surface area contributed by atoms with Gasteiger partial charge in [-0.25, -0.2) is 0 Å². The smallest absolute Gasteiger partial charge is 0.264 e. The zero-order chi connectivity index (χ0) is 20.1. The average molecular weight is 401 g/mol. The topological polar surface area (TPSA) is 70.2 Å². The molecule has 0 N–H and O–H groups in total. The second-order valence-corrected chi connectivity index (χ2v) is 7.49. The molecule has 0 radical (unpaired) electrons. The summed E-state index contributed by atoms with van der Waals surface area (Å²) in [6, 6.07) is 10.6. The molecule has 0 saturated carbocycles. The minimum Gasteiger partial charge on any atom is -0.497 e. The largest absolute Gasteiger partial charge is 0.497 e. The van der Waals surface area contributed by atoms with E-state index in [0.717, 1.165) is 0 Å². The molecule has 3 amide bonds. The minimum absolute atomic E-state index is 0.0309. The van der Waals surface area contributed by atoms with Gasteiger partial charge in [-0.15, -0.1) is 11.3 Å². The normalized spacial score (nSPS) is 13.9. The van der Waals surface area contributed by atoms with Crippen molar-refractivity contribution in [3.63, 3.8) is 0 Å². The number of hydrogen-bond donors (Lipinski definition) is 0. The van der Waals surface area contributed by atoms with Crippen molar-refractivity contribution >= 4 is 29.1 Å². The number of carbonyl (C=O) groups is 3. The van der Waals surface area contributed by atoms with Gasteiger partial charge in [-0.1, -0.05) is 6.07 Å². The highest BCUT2D eigenvalue weighted by atomic mass is 32.1. The van der Waals surface area contributed by atoms with Crippen molar-refractivity contribution in [3.05, 3.63) is 52.2 Å². The fourth-order valence-electron chi connectivity index (χ4n) is 3.04. The Morgan fingerprint density at radius 1 is 1.04 bits per heavy atom. The molecular weight excluding hydrogens is 378 g/mol. The predicted octanol–water partition coefficient (Wildman–Crippen LogP) is 1.81. The van der Waals surface area contributed by atoms with E-state index in [9.17, 15) is 14.4 Å². The molecule has 8 heteroatoms. The number of amides is 3. The fourth-order valence-corrected chi connectivity index (χ4v) is 3.76. The molecule has 3 rings (SSSR count). The van der Waals surface area contributed by atoms with E-state index in [1.807, 2.05) is 11.4 Å². The number of likely N-dealkylation sites (N-methyl/N-ethyl adjacent to an activating group) is 1. The molecule has 0 atom stereocenters. The van der Waals surface area contributed by atoms with Crippen molar-refractivity contribution in [1.82, 2.24) is 14.7 Å². The SMILES string of the molecule is COc1ccc(C(=O)N2CCN(C(=O)CN(C)C(=O)c3cccs3)CC2)cc1. The van der Waals surface area contributed by atoms with E-state index in [0.29, 0.717) is 42.4 Å². The standard InChI is InChI=1S/C20H23N3O4S/c1-21(20(26)17-4-3-13-28-17)14-18(24)22-9-11-23(12-10-22)19(25)15-5-7-16(27-2)8-6-15/h3-8,13H,9-12,14H2,1-2H3. The molecule has 1 aromatic carbocycles. The number of benzene rings is 1. The lowest BCUT2D eigenvalue weighted by Crippen LogP contribution is -2.52. The van der Waals surface area contributed by atoms with E-state index in [4.69, 9.17) is 4.74 Å². The third-order valence-electron chi connectivity index (χ3n) is 4.71. The van der Waals surface area contributed by atoms with Crippen LogP contribution in [0.4, 0.5) is 0 Å². The van der Waals surface area contributed by atoms with Crippen LogP contribution in [0.5, 0.6) is 5.75 Å². The van der Waals surface area contributed by atoms with Gasteiger partial charge in [0.2, 0.25) is 5.91 Å². The maximum atomic E-state index is 12.6. The number of piperazine rings is 1. The van der Waals surface area contributed by atoms with Gasteiger partial charge in [0, 0.05) is 38.8 Å². The van der Waals surface area contributed by atoms with E-state index in [-0.39, 0.29) is 24.3 Å². The van der Waals surface area contributed by atoms with Crippen LogP contribution in [0.1, 0.15) is 20.0 Å². The first-order chi connectivity index (χ1) is 13.5. The molecule has 1 fully saturated rings. The van der Waals surface area contributed by atoms with Crippen molar-refractivity contribution in [2.45, 2.75) is 0 Å². The fraction of sp³-hybridized carbons (Fsp3) is 0.350. The summed E-state index contributed by atoms with van der Waals surface area (Å²) in [5, 5.41) is 1.84. The maximum Gasteiger partial charge on any atom is 0.264 e. The van der Waals surface area contributed by atoms with Crippen LogP contribution in [0, 0.1) is 0 Å². The predicted molar refractivity (Wildman–Crippen MR) is 107 cm³/mol. The quantitative estimate of drug-likeness (QED) is 0.766. The van der Waals surface area contributed by atoms with E-state index in [1.165, 1.54) is 16.2 Å². The molecule has 28 heavy (non-hydrogen) atoms. The van der Waals surface area contributed by atoms with Gasteiger partial charge in [-0.3, -0.25) is 14.4 Å². The number of carbonyl (C=O) groups excluding carboxylic acids is 3. The highest BCUT2D eigenvalue weighted by molar-refractivity contribution is 7.12. The van der Waals surface area contributed by atoms with Crippen LogP contribution in [0.2, 0.25) is 0 Å². The molecule has 2 aromatic rings. The van der Waals surface area contributed by atoms with E-state index in [2.05, 4.69) is 0 Å². The summed E-state index contributed by atoms with van der Waals surface area (Å²) >= 11 is 1.36. The number of methoxy groups -OCH3 is 1. The molecule has 148 valence electrons. The molecule has 0 unspecified atom stereocenters. The van der Waals surface area contributed by atoms with Crippen LogP contribution in [-0.4, -0.2) is 79.3 Å². The van der Waals surface area contributed by atoms with Gasteiger partial charge in [0.05, 0.1) is 18.5 Å². The lowest BCUT2D eigenvalue weighted by molar-refractivity contribution is -0.133. The van der Waals surface area contributed by atoms with E-state index in [1.54, 1.807) is 54.3 Å². The molecule has 1 aromatic heterocycles. The first kappa shape index (κ1) is 19.9. The zero-order valence-corrected chi connectivity index (χ0v) is 16.8. The molecule has 0 aliphatic carbocycles. The van der Waals surface area contributed by atoms with Crippen molar-refractivity contribution in [1.29, 1.82) is 0 Å². The van der Waals surface area contributed by atoms with Crippen LogP contribution in [0.15, 0.2) is 41.8 Å². The molecular formula is C20H23N3O4S. The van der Waals surface area contributed by atoms with Gasteiger partial charge in [-0.05, 0) is 35.7 Å². The average Bonchev–Trinajstić information content (AvgIpc) is 3.27. The lowest BCUT2D eigenvalue weighted by Gasteiger charge is -2.35. The molecule has 0 bridgehead atoms. The van der Waals surface area contributed by atoms with Gasteiger partial charge in [0.1, 0.15) is 5.75 Å². The van der Waals surface area contributed by atoms with Gasteiger partial charge in [0.25, 0.3) is 11.8 Å². The van der Waals surface area contributed by atoms with Gasteiger partial charge < -0.3 is 19.4 Å².